The second-order valence-corrected chi connectivity index (χ2v) is 7.95. The first-order valence-electron chi connectivity index (χ1n) is 10.2. The summed E-state index contributed by atoms with van der Waals surface area (Å²) in [6.07, 6.45) is 8.89. The van der Waals surface area contributed by atoms with Gasteiger partial charge in [0.25, 0.3) is 0 Å². The zero-order valence-electron chi connectivity index (χ0n) is 15.6. The van der Waals surface area contributed by atoms with Gasteiger partial charge in [0.2, 0.25) is 0 Å². The summed E-state index contributed by atoms with van der Waals surface area (Å²) in [4.78, 5) is 2.69. The van der Waals surface area contributed by atoms with E-state index in [0.29, 0.717) is 0 Å². The average Bonchev–Trinajstić information content (AvgIpc) is 3.13. The van der Waals surface area contributed by atoms with Gasteiger partial charge in [-0.1, -0.05) is 61.9 Å². The summed E-state index contributed by atoms with van der Waals surface area (Å²) < 4.78 is 0. The maximum absolute atomic E-state index is 2.69. The van der Waals surface area contributed by atoms with E-state index in [4.69, 9.17) is 0 Å². The van der Waals surface area contributed by atoms with Crippen LogP contribution in [-0.2, 0) is 18.3 Å². The molecule has 2 aromatic rings. The summed E-state index contributed by atoms with van der Waals surface area (Å²) in [6, 6.07) is 18.6. The quantitative estimate of drug-likeness (QED) is 0.712. The van der Waals surface area contributed by atoms with Crippen molar-refractivity contribution < 1.29 is 0 Å². The molecule has 0 atom stereocenters. The molecule has 0 aromatic heterocycles. The molecule has 0 radical (unpaired) electrons. The Kier molecular flexibility index (Phi) is 4.94. The molecule has 4 rings (SSSR count). The molecule has 1 heteroatoms. The number of rotatable bonds is 5. The van der Waals surface area contributed by atoms with Gasteiger partial charge >= 0.3 is 0 Å². The maximum atomic E-state index is 2.69. The molecule has 0 spiro atoms. The molecule has 1 aliphatic heterocycles. The fraction of sp³-hybridized carbons (Fsp3) is 0.500. The Bertz CT molecular complexity index is 664. The molecule has 0 N–H and O–H groups in total. The van der Waals surface area contributed by atoms with Crippen molar-refractivity contribution in [3.8, 4) is 0 Å². The van der Waals surface area contributed by atoms with Gasteiger partial charge in [-0.05, 0) is 80.4 Å². The van der Waals surface area contributed by atoms with Gasteiger partial charge in [0.15, 0.2) is 0 Å². The minimum Gasteiger partial charge on any atom is -0.303 e. The van der Waals surface area contributed by atoms with E-state index < -0.39 is 0 Å². The lowest BCUT2D eigenvalue weighted by molar-refractivity contribution is 0.289. The van der Waals surface area contributed by atoms with E-state index >= 15 is 0 Å². The van der Waals surface area contributed by atoms with Crippen molar-refractivity contribution in [2.45, 2.75) is 57.3 Å². The number of fused-ring (bicyclic) bond motifs is 2. The number of hydrogen-bond donors (Lipinski definition) is 0. The SMILES string of the molecule is CCCC1(CCN2CCCC2)c2ccccc2CCc2ccccc21. The van der Waals surface area contributed by atoms with Crippen molar-refractivity contribution >= 4 is 0 Å². The van der Waals surface area contributed by atoms with Gasteiger partial charge in [0, 0.05) is 5.41 Å². The van der Waals surface area contributed by atoms with Gasteiger partial charge < -0.3 is 4.90 Å². The molecule has 2 aromatic carbocycles. The molecule has 0 bridgehead atoms. The van der Waals surface area contributed by atoms with Crippen molar-refractivity contribution in [3.05, 3.63) is 70.8 Å². The lowest BCUT2D eigenvalue weighted by Gasteiger charge is -2.38. The Labute approximate surface area is 153 Å². The van der Waals surface area contributed by atoms with Gasteiger partial charge in [0.1, 0.15) is 0 Å². The Hall–Kier alpha value is -1.60. The highest BCUT2D eigenvalue weighted by molar-refractivity contribution is 5.49. The van der Waals surface area contributed by atoms with E-state index in [0.717, 1.165) is 0 Å². The van der Waals surface area contributed by atoms with Gasteiger partial charge in [-0.15, -0.1) is 0 Å². The molecule has 0 unspecified atom stereocenters. The molecule has 2 aliphatic rings. The fourth-order valence-electron chi connectivity index (χ4n) is 5.27. The lowest BCUT2D eigenvalue weighted by atomic mass is 9.67. The summed E-state index contributed by atoms with van der Waals surface area (Å²) in [7, 11) is 0. The van der Waals surface area contributed by atoms with Crippen LogP contribution in [0.1, 0.15) is 61.3 Å². The molecule has 0 saturated carbocycles. The molecule has 0 amide bonds. The first-order chi connectivity index (χ1) is 12.3. The Morgan fingerprint density at radius 3 is 1.92 bits per heavy atom. The largest absolute Gasteiger partial charge is 0.303 e. The van der Waals surface area contributed by atoms with E-state index in [2.05, 4.69) is 60.4 Å². The van der Waals surface area contributed by atoms with Crippen molar-refractivity contribution in [1.29, 1.82) is 0 Å². The average molecular weight is 334 g/mol. The molecule has 25 heavy (non-hydrogen) atoms. The van der Waals surface area contributed by atoms with E-state index in [1.807, 2.05) is 0 Å². The van der Waals surface area contributed by atoms with Gasteiger partial charge in [0.05, 0.1) is 0 Å². The molecule has 132 valence electrons. The summed E-state index contributed by atoms with van der Waals surface area (Å²) >= 11 is 0. The third-order valence-electron chi connectivity index (χ3n) is 6.46. The van der Waals surface area contributed by atoms with Gasteiger partial charge in [-0.25, -0.2) is 0 Å². The first kappa shape index (κ1) is 16.8. The topological polar surface area (TPSA) is 3.24 Å². The minimum atomic E-state index is 0.195. The zero-order chi connectivity index (χ0) is 17.1. The number of benzene rings is 2. The van der Waals surface area contributed by atoms with Gasteiger partial charge in [-0.2, -0.15) is 0 Å². The fourth-order valence-corrected chi connectivity index (χ4v) is 5.27. The van der Waals surface area contributed by atoms with Crippen molar-refractivity contribution in [3.63, 3.8) is 0 Å². The highest BCUT2D eigenvalue weighted by Gasteiger charge is 2.38. The van der Waals surface area contributed by atoms with Crippen LogP contribution in [-0.4, -0.2) is 24.5 Å². The molecule has 1 fully saturated rings. The van der Waals surface area contributed by atoms with E-state index in [1.165, 1.54) is 64.6 Å². The smallest absolute Gasteiger partial charge is 0.0220 e. The predicted octanol–water partition coefficient (Wildman–Crippen LogP) is 5.36. The van der Waals surface area contributed by atoms with Crippen LogP contribution in [0.2, 0.25) is 0 Å². The highest BCUT2D eigenvalue weighted by Crippen LogP contribution is 2.45. The molecule has 1 heterocycles. The second-order valence-electron chi connectivity index (χ2n) is 7.95. The second kappa shape index (κ2) is 7.33. The number of likely N-dealkylation sites (tertiary alicyclic amines) is 1. The summed E-state index contributed by atoms with van der Waals surface area (Å²) in [6.45, 7) is 6.19. The number of aryl methyl sites for hydroxylation is 2. The normalized spacial score (nSPS) is 19.2. The molecular formula is C24H31N. The highest BCUT2D eigenvalue weighted by atomic mass is 15.1. The number of nitrogens with zero attached hydrogens (tertiary/aromatic N) is 1. The minimum absolute atomic E-state index is 0.195. The van der Waals surface area contributed by atoms with E-state index in [-0.39, 0.29) is 5.41 Å². The van der Waals surface area contributed by atoms with E-state index in [9.17, 15) is 0 Å². The van der Waals surface area contributed by atoms with Crippen molar-refractivity contribution in [2.75, 3.05) is 19.6 Å². The van der Waals surface area contributed by atoms with Crippen LogP contribution in [0.15, 0.2) is 48.5 Å². The monoisotopic (exact) mass is 333 g/mol. The summed E-state index contributed by atoms with van der Waals surface area (Å²) in [5.41, 5.74) is 6.57. The van der Waals surface area contributed by atoms with Gasteiger partial charge in [-0.3, -0.25) is 0 Å². The maximum Gasteiger partial charge on any atom is 0.0220 e. The Morgan fingerprint density at radius 2 is 1.36 bits per heavy atom. The van der Waals surface area contributed by atoms with Crippen LogP contribution in [0.5, 0.6) is 0 Å². The number of hydrogen-bond acceptors (Lipinski definition) is 1. The third kappa shape index (κ3) is 3.15. The first-order valence-corrected chi connectivity index (χ1v) is 10.2. The molecule has 1 saturated heterocycles. The third-order valence-corrected chi connectivity index (χ3v) is 6.46. The Morgan fingerprint density at radius 1 is 0.800 bits per heavy atom. The van der Waals surface area contributed by atoms with Crippen LogP contribution in [0.4, 0.5) is 0 Å². The molecular weight excluding hydrogens is 302 g/mol. The Balaban J connectivity index is 1.81. The van der Waals surface area contributed by atoms with Crippen LogP contribution in [0, 0.1) is 0 Å². The van der Waals surface area contributed by atoms with Crippen LogP contribution >= 0.6 is 0 Å². The van der Waals surface area contributed by atoms with E-state index in [1.54, 1.807) is 22.3 Å². The van der Waals surface area contributed by atoms with Crippen molar-refractivity contribution in [1.82, 2.24) is 4.90 Å². The molecule has 1 nitrogen and oxygen atoms in total. The standard InChI is InChI=1S/C24H31N/c1-2-15-24(16-19-25-17-7-8-18-25)22-11-5-3-9-20(22)13-14-21-10-4-6-12-23(21)24/h3-6,9-12H,2,7-8,13-19H2,1H3. The van der Waals surface area contributed by atoms with Crippen LogP contribution in [0.3, 0.4) is 0 Å². The lowest BCUT2D eigenvalue weighted by Crippen LogP contribution is -2.34. The van der Waals surface area contributed by atoms with Crippen LogP contribution < -0.4 is 0 Å². The summed E-state index contributed by atoms with van der Waals surface area (Å²) in [5.74, 6) is 0. The zero-order valence-corrected chi connectivity index (χ0v) is 15.6. The predicted molar refractivity (Wildman–Crippen MR) is 106 cm³/mol. The van der Waals surface area contributed by atoms with Crippen LogP contribution in [0.25, 0.3) is 0 Å². The summed E-state index contributed by atoms with van der Waals surface area (Å²) in [5, 5.41) is 0. The molecule has 1 aliphatic carbocycles. The van der Waals surface area contributed by atoms with Crippen molar-refractivity contribution in [2.24, 2.45) is 0 Å².